The van der Waals surface area contributed by atoms with E-state index in [1.165, 1.54) is 0 Å². The Morgan fingerprint density at radius 2 is 2.29 bits per heavy atom. The summed E-state index contributed by atoms with van der Waals surface area (Å²) < 4.78 is 10.7. The van der Waals surface area contributed by atoms with Gasteiger partial charge in [0.2, 0.25) is 11.2 Å². The molecule has 0 spiro atoms. The zero-order valence-corrected chi connectivity index (χ0v) is 10.6. The maximum Gasteiger partial charge on any atom is 0.322 e. The molecule has 17 heavy (non-hydrogen) atoms. The van der Waals surface area contributed by atoms with E-state index < -0.39 is 0 Å². The van der Waals surface area contributed by atoms with Crippen LogP contribution < -0.4 is 9.64 Å². The molecular weight excluding hydrogens is 244 g/mol. The minimum absolute atomic E-state index is 0.151. The molecule has 1 atom stereocenters. The van der Waals surface area contributed by atoms with Gasteiger partial charge in [0.1, 0.15) is 0 Å². The number of hydrogen-bond donors (Lipinski definition) is 0. The number of morpholine rings is 1. The van der Waals surface area contributed by atoms with Gasteiger partial charge < -0.3 is 14.4 Å². The van der Waals surface area contributed by atoms with Gasteiger partial charge in [-0.15, -0.1) is 0 Å². The number of hydrogen-bond acceptors (Lipinski definition) is 6. The lowest BCUT2D eigenvalue weighted by molar-refractivity contribution is 0.0525. The molecule has 94 valence electrons. The fraction of sp³-hybridized carbons (Fsp3) is 0.700. The Morgan fingerprint density at radius 3 is 3.00 bits per heavy atom. The molecule has 1 aromatic heterocycles. The highest BCUT2D eigenvalue weighted by molar-refractivity contribution is 6.28. The number of ether oxygens (including phenoxy) is 2. The van der Waals surface area contributed by atoms with Crippen molar-refractivity contribution in [1.29, 1.82) is 0 Å². The average Bonchev–Trinajstić information content (AvgIpc) is 2.28. The molecule has 0 radical (unpaired) electrons. The molecule has 0 N–H and O–H groups in total. The lowest BCUT2D eigenvalue weighted by atomic mass is 10.3. The number of nitrogens with zero attached hydrogens (tertiary/aromatic N) is 4. The van der Waals surface area contributed by atoms with Crippen LogP contribution in [0.4, 0.5) is 5.95 Å². The summed E-state index contributed by atoms with van der Waals surface area (Å²) in [6, 6.07) is 0.265. The average molecular weight is 259 g/mol. The Kier molecular flexibility index (Phi) is 3.96. The summed E-state index contributed by atoms with van der Waals surface area (Å²) in [7, 11) is 0. The zero-order chi connectivity index (χ0) is 12.3. The fourth-order valence-electron chi connectivity index (χ4n) is 1.66. The molecule has 1 aliphatic heterocycles. The van der Waals surface area contributed by atoms with Gasteiger partial charge in [0.25, 0.3) is 0 Å². The van der Waals surface area contributed by atoms with Gasteiger partial charge >= 0.3 is 6.01 Å². The predicted octanol–water partition coefficient (Wildman–Crippen LogP) is 1.15. The zero-order valence-electron chi connectivity index (χ0n) is 9.89. The highest BCUT2D eigenvalue weighted by atomic mass is 35.5. The van der Waals surface area contributed by atoms with E-state index in [2.05, 4.69) is 15.0 Å². The highest BCUT2D eigenvalue weighted by Gasteiger charge is 2.20. The molecule has 0 saturated carbocycles. The van der Waals surface area contributed by atoms with E-state index in [9.17, 15) is 0 Å². The molecule has 0 amide bonds. The predicted molar refractivity (Wildman–Crippen MR) is 63.6 cm³/mol. The molecule has 1 saturated heterocycles. The van der Waals surface area contributed by atoms with Crippen LogP contribution in [0.1, 0.15) is 13.8 Å². The minimum Gasteiger partial charge on any atom is -0.464 e. The Bertz CT molecular complexity index is 391. The first kappa shape index (κ1) is 12.3. The first-order chi connectivity index (χ1) is 8.19. The van der Waals surface area contributed by atoms with Gasteiger partial charge in [-0.1, -0.05) is 0 Å². The molecule has 2 heterocycles. The summed E-state index contributed by atoms with van der Waals surface area (Å²) in [5.74, 6) is 0.545. The number of halogens is 1. The molecule has 0 aliphatic carbocycles. The van der Waals surface area contributed by atoms with Crippen LogP contribution in [-0.2, 0) is 4.74 Å². The van der Waals surface area contributed by atoms with E-state index in [0.29, 0.717) is 19.2 Å². The van der Waals surface area contributed by atoms with E-state index in [4.69, 9.17) is 21.1 Å². The summed E-state index contributed by atoms with van der Waals surface area (Å²) in [6.45, 7) is 6.53. The van der Waals surface area contributed by atoms with Crippen LogP contribution in [0.5, 0.6) is 6.01 Å². The van der Waals surface area contributed by atoms with Crippen LogP contribution in [0.15, 0.2) is 0 Å². The largest absolute Gasteiger partial charge is 0.464 e. The molecule has 1 aliphatic rings. The van der Waals surface area contributed by atoms with Crippen LogP contribution in [0.2, 0.25) is 5.28 Å². The van der Waals surface area contributed by atoms with Gasteiger partial charge in [-0.3, -0.25) is 0 Å². The smallest absolute Gasteiger partial charge is 0.322 e. The lowest BCUT2D eigenvalue weighted by Gasteiger charge is -2.31. The molecule has 6 nitrogen and oxygen atoms in total. The number of anilines is 1. The summed E-state index contributed by atoms with van der Waals surface area (Å²) in [6.07, 6.45) is 0.162. The van der Waals surface area contributed by atoms with E-state index in [1.807, 2.05) is 18.7 Å². The van der Waals surface area contributed by atoms with Crippen molar-refractivity contribution in [1.82, 2.24) is 15.0 Å². The molecule has 0 bridgehead atoms. The van der Waals surface area contributed by atoms with Gasteiger partial charge in [0, 0.05) is 13.1 Å². The van der Waals surface area contributed by atoms with Crippen molar-refractivity contribution in [3.8, 4) is 6.01 Å². The van der Waals surface area contributed by atoms with Crippen molar-refractivity contribution in [2.45, 2.75) is 20.0 Å². The molecular formula is C10H15ClN4O2. The second kappa shape index (κ2) is 5.46. The molecule has 1 aromatic rings. The minimum atomic E-state index is 0.151. The third-order valence-corrected chi connectivity index (χ3v) is 2.54. The Balaban J connectivity index is 2.18. The van der Waals surface area contributed by atoms with Gasteiger partial charge in [0.15, 0.2) is 0 Å². The summed E-state index contributed by atoms with van der Waals surface area (Å²) in [4.78, 5) is 14.2. The first-order valence-electron chi connectivity index (χ1n) is 5.60. The van der Waals surface area contributed by atoms with Gasteiger partial charge in [0.05, 0.1) is 19.3 Å². The third-order valence-electron chi connectivity index (χ3n) is 2.37. The van der Waals surface area contributed by atoms with Gasteiger partial charge in [-0.05, 0) is 25.4 Å². The van der Waals surface area contributed by atoms with Crippen molar-refractivity contribution < 1.29 is 9.47 Å². The second-order valence-electron chi connectivity index (χ2n) is 3.75. The van der Waals surface area contributed by atoms with E-state index >= 15 is 0 Å². The third kappa shape index (κ3) is 3.17. The Morgan fingerprint density at radius 1 is 1.47 bits per heavy atom. The number of rotatable bonds is 3. The van der Waals surface area contributed by atoms with Crippen molar-refractivity contribution in [3.05, 3.63) is 5.28 Å². The van der Waals surface area contributed by atoms with Crippen LogP contribution in [-0.4, -0.2) is 47.4 Å². The molecule has 0 aromatic carbocycles. The van der Waals surface area contributed by atoms with E-state index in [0.717, 1.165) is 13.1 Å². The normalized spacial score (nSPS) is 20.4. The topological polar surface area (TPSA) is 60.4 Å². The second-order valence-corrected chi connectivity index (χ2v) is 4.09. The number of aromatic nitrogens is 3. The Hall–Kier alpha value is -1.14. The molecule has 7 heteroatoms. The summed E-state index contributed by atoms with van der Waals surface area (Å²) in [5, 5.41) is 0.151. The standard InChI is InChI=1S/C10H15ClN4O2/c1-3-16-10-13-8(11)12-9(14-10)15-4-5-17-7(2)6-15/h7H,3-6H2,1-2H3. The van der Waals surface area contributed by atoms with Crippen LogP contribution in [0.3, 0.4) is 0 Å². The fourth-order valence-corrected chi connectivity index (χ4v) is 1.81. The van der Waals surface area contributed by atoms with E-state index in [1.54, 1.807) is 0 Å². The van der Waals surface area contributed by atoms with Crippen LogP contribution in [0.25, 0.3) is 0 Å². The maximum atomic E-state index is 5.84. The van der Waals surface area contributed by atoms with Gasteiger partial charge in [-0.2, -0.15) is 15.0 Å². The van der Waals surface area contributed by atoms with Crippen molar-refractivity contribution in [3.63, 3.8) is 0 Å². The summed E-state index contributed by atoms with van der Waals surface area (Å²) in [5.41, 5.74) is 0. The SMILES string of the molecule is CCOc1nc(Cl)nc(N2CCOC(C)C2)n1. The first-order valence-corrected chi connectivity index (χ1v) is 5.97. The van der Waals surface area contributed by atoms with Crippen molar-refractivity contribution in [2.75, 3.05) is 31.2 Å². The van der Waals surface area contributed by atoms with Gasteiger partial charge in [-0.25, -0.2) is 0 Å². The Labute approximate surface area is 105 Å². The molecule has 1 unspecified atom stereocenters. The van der Waals surface area contributed by atoms with Crippen LogP contribution in [0, 0.1) is 0 Å². The molecule has 2 rings (SSSR count). The van der Waals surface area contributed by atoms with E-state index in [-0.39, 0.29) is 17.4 Å². The lowest BCUT2D eigenvalue weighted by Crippen LogP contribution is -2.42. The van der Waals surface area contributed by atoms with Crippen LogP contribution >= 0.6 is 11.6 Å². The van der Waals surface area contributed by atoms with Crippen molar-refractivity contribution in [2.24, 2.45) is 0 Å². The molecule has 1 fully saturated rings. The monoisotopic (exact) mass is 258 g/mol. The maximum absolute atomic E-state index is 5.84. The quantitative estimate of drug-likeness (QED) is 0.811. The highest BCUT2D eigenvalue weighted by Crippen LogP contribution is 2.17. The van der Waals surface area contributed by atoms with Crippen molar-refractivity contribution >= 4 is 17.5 Å². The summed E-state index contributed by atoms with van der Waals surface area (Å²) >= 11 is 5.84.